The number of rotatable bonds is 12. The maximum atomic E-state index is 13.1. The van der Waals surface area contributed by atoms with Crippen LogP contribution in [-0.2, 0) is 14.3 Å². The van der Waals surface area contributed by atoms with Gasteiger partial charge in [0.1, 0.15) is 0 Å². The topological polar surface area (TPSA) is 87.7 Å². The molecular weight excluding hydrogens is 332 g/mol. The number of nitrogens with one attached hydrogen (secondary N) is 2. The first kappa shape index (κ1) is 25.0. The highest BCUT2D eigenvalue weighted by Gasteiger charge is 2.37. The second-order valence-electron chi connectivity index (χ2n) is 9.52. The van der Waals surface area contributed by atoms with E-state index in [-0.39, 0.29) is 35.8 Å². The van der Waals surface area contributed by atoms with Gasteiger partial charge in [-0.15, -0.1) is 0 Å². The van der Waals surface area contributed by atoms with Gasteiger partial charge in [0.15, 0.2) is 5.78 Å². The average molecular weight is 373 g/mol. The van der Waals surface area contributed by atoms with Gasteiger partial charge >= 0.3 is 5.97 Å². The molecule has 0 aromatic heterocycles. The van der Waals surface area contributed by atoms with E-state index in [1.807, 2.05) is 48.5 Å². The molecule has 0 aliphatic heterocycles. The van der Waals surface area contributed by atoms with Crippen molar-refractivity contribution in [2.45, 2.75) is 110 Å². The van der Waals surface area contributed by atoms with Gasteiger partial charge in [-0.2, -0.15) is 0 Å². The van der Waals surface area contributed by atoms with Gasteiger partial charge in [-0.05, 0) is 61.3 Å². The van der Waals surface area contributed by atoms with E-state index in [0.717, 1.165) is 6.42 Å². The minimum atomic E-state index is -0.890. The highest BCUT2D eigenvalue weighted by molar-refractivity contribution is 5.92. The summed E-state index contributed by atoms with van der Waals surface area (Å²) < 4.78 is 5.80. The zero-order valence-corrected chi connectivity index (χ0v) is 18.2. The molecule has 0 aliphatic rings. The summed E-state index contributed by atoms with van der Waals surface area (Å²) in [4.78, 5) is 24.0. The molecule has 1 atom stereocenters. The number of carboxylic acids is 1. The van der Waals surface area contributed by atoms with Gasteiger partial charge in [-0.1, -0.05) is 13.8 Å². The Balaban J connectivity index is 4.99. The van der Waals surface area contributed by atoms with Gasteiger partial charge in [0.2, 0.25) is 0 Å². The van der Waals surface area contributed by atoms with E-state index < -0.39 is 17.6 Å². The fourth-order valence-electron chi connectivity index (χ4n) is 2.98. The fraction of sp³-hybridized carbons (Fsp3) is 0.900. The molecule has 0 aromatic carbocycles. The van der Waals surface area contributed by atoms with Crippen molar-refractivity contribution in [3.05, 3.63) is 0 Å². The van der Waals surface area contributed by atoms with Crippen molar-refractivity contribution in [3.8, 4) is 0 Å². The van der Waals surface area contributed by atoms with E-state index in [0.29, 0.717) is 6.61 Å². The molecule has 0 radical (unpaired) electrons. The number of carbonyl (C=O) groups is 2. The molecule has 0 rings (SSSR count). The van der Waals surface area contributed by atoms with E-state index in [1.54, 1.807) is 0 Å². The van der Waals surface area contributed by atoms with Crippen LogP contribution in [0.2, 0.25) is 0 Å². The predicted octanol–water partition coefficient (Wildman–Crippen LogP) is 3.14. The molecule has 6 heteroatoms. The summed E-state index contributed by atoms with van der Waals surface area (Å²) in [6, 6.07) is -0.392. The monoisotopic (exact) mass is 372 g/mol. The Hall–Kier alpha value is -0.980. The number of hydrogen-bond acceptors (Lipinski definition) is 5. The van der Waals surface area contributed by atoms with E-state index in [4.69, 9.17) is 9.84 Å². The van der Waals surface area contributed by atoms with Gasteiger partial charge in [0, 0.05) is 24.6 Å². The van der Waals surface area contributed by atoms with Crippen LogP contribution in [0.25, 0.3) is 0 Å². The minimum Gasteiger partial charge on any atom is -0.481 e. The van der Waals surface area contributed by atoms with Crippen LogP contribution in [0.1, 0.15) is 81.6 Å². The summed E-state index contributed by atoms with van der Waals surface area (Å²) in [5.74, 6) is -0.906. The molecule has 0 heterocycles. The van der Waals surface area contributed by atoms with Crippen molar-refractivity contribution < 1.29 is 19.4 Å². The molecule has 26 heavy (non-hydrogen) atoms. The number of ketones is 1. The van der Waals surface area contributed by atoms with E-state index in [2.05, 4.69) is 24.5 Å². The number of carboxylic acid groups (broad SMARTS) is 1. The summed E-state index contributed by atoms with van der Waals surface area (Å²) in [5.41, 5.74) is -1.26. The lowest BCUT2D eigenvalue weighted by Crippen LogP contribution is -2.61. The largest absolute Gasteiger partial charge is 0.481 e. The normalized spacial score (nSPS) is 14.5. The van der Waals surface area contributed by atoms with Crippen molar-refractivity contribution in [1.82, 2.24) is 10.6 Å². The lowest BCUT2D eigenvalue weighted by atomic mass is 9.86. The van der Waals surface area contributed by atoms with Crippen LogP contribution in [-0.4, -0.2) is 52.2 Å². The Morgan fingerprint density at radius 1 is 1.04 bits per heavy atom. The zero-order valence-electron chi connectivity index (χ0n) is 18.2. The van der Waals surface area contributed by atoms with Crippen molar-refractivity contribution >= 4 is 11.8 Å². The van der Waals surface area contributed by atoms with Crippen LogP contribution in [0, 0.1) is 0 Å². The van der Waals surface area contributed by atoms with Crippen molar-refractivity contribution in [2.24, 2.45) is 0 Å². The first-order valence-corrected chi connectivity index (χ1v) is 9.51. The molecule has 3 N–H and O–H groups in total. The maximum Gasteiger partial charge on any atom is 0.303 e. The number of Topliss-reactive ketones (excluding diaryl/α,β-unsaturated/α-hetero) is 1. The smallest absolute Gasteiger partial charge is 0.303 e. The third-order valence-corrected chi connectivity index (χ3v) is 4.03. The fourth-order valence-corrected chi connectivity index (χ4v) is 2.98. The molecule has 1 unspecified atom stereocenters. The molecular formula is C20H40N2O4. The van der Waals surface area contributed by atoms with E-state index >= 15 is 0 Å². The third kappa shape index (κ3) is 10.9. The van der Waals surface area contributed by atoms with Crippen LogP contribution in [0.3, 0.4) is 0 Å². The Morgan fingerprint density at radius 3 is 2.00 bits per heavy atom. The Morgan fingerprint density at radius 2 is 1.58 bits per heavy atom. The molecule has 0 aliphatic carbocycles. The Bertz CT molecular complexity index is 465. The molecule has 0 amide bonds. The molecule has 0 saturated carbocycles. The Labute approximate surface area is 159 Å². The molecule has 0 bridgehead atoms. The van der Waals surface area contributed by atoms with E-state index in [9.17, 15) is 9.59 Å². The summed E-state index contributed by atoms with van der Waals surface area (Å²) in [7, 11) is 0. The van der Waals surface area contributed by atoms with Crippen molar-refractivity contribution in [3.63, 3.8) is 0 Å². The molecule has 0 fully saturated rings. The first-order valence-electron chi connectivity index (χ1n) is 9.51. The second kappa shape index (κ2) is 9.81. The van der Waals surface area contributed by atoms with Crippen molar-refractivity contribution in [2.75, 3.05) is 6.61 Å². The zero-order chi connectivity index (χ0) is 20.8. The summed E-state index contributed by atoms with van der Waals surface area (Å²) in [6.45, 7) is 18.4. The highest BCUT2D eigenvalue weighted by Crippen LogP contribution is 2.20. The molecule has 0 spiro atoms. The van der Waals surface area contributed by atoms with Gasteiger partial charge in [0.05, 0.1) is 17.2 Å². The molecule has 6 nitrogen and oxygen atoms in total. The highest BCUT2D eigenvalue weighted by atomic mass is 16.5. The quantitative estimate of drug-likeness (QED) is 0.488. The van der Waals surface area contributed by atoms with Gasteiger partial charge in [-0.25, -0.2) is 0 Å². The molecule has 154 valence electrons. The standard InChI is InChI=1S/C20H40N2O4/c1-14(2)21-15(10-11-16(23)24)17(25)20(8,9)22-19(6,7)12-13-26-18(3,4)5/h14-15,21-22H,10-13H2,1-9H3,(H,23,24). The summed E-state index contributed by atoms with van der Waals surface area (Å²) in [6.07, 6.45) is 1.01. The van der Waals surface area contributed by atoms with Crippen molar-refractivity contribution in [1.29, 1.82) is 0 Å². The van der Waals surface area contributed by atoms with Crippen LogP contribution in [0.4, 0.5) is 0 Å². The summed E-state index contributed by atoms with van der Waals surface area (Å²) >= 11 is 0. The lowest BCUT2D eigenvalue weighted by Gasteiger charge is -2.39. The van der Waals surface area contributed by atoms with E-state index in [1.165, 1.54) is 0 Å². The minimum absolute atomic E-state index is 0.0164. The second-order valence-corrected chi connectivity index (χ2v) is 9.52. The van der Waals surface area contributed by atoms with Gasteiger partial charge in [-0.3, -0.25) is 9.59 Å². The average Bonchev–Trinajstić information content (AvgIpc) is 2.38. The predicted molar refractivity (Wildman–Crippen MR) is 106 cm³/mol. The third-order valence-electron chi connectivity index (χ3n) is 4.03. The number of carbonyl (C=O) groups excluding carboxylic acids is 1. The summed E-state index contributed by atoms with van der Waals surface area (Å²) in [5, 5.41) is 15.6. The SMILES string of the molecule is CC(C)NC(CCC(=O)O)C(=O)C(C)(C)NC(C)(C)CCOC(C)(C)C. The first-order chi connectivity index (χ1) is 11.6. The number of aliphatic carboxylic acids is 1. The van der Waals surface area contributed by atoms with Gasteiger partial charge in [0.25, 0.3) is 0 Å². The lowest BCUT2D eigenvalue weighted by molar-refractivity contribution is -0.137. The molecule has 0 saturated heterocycles. The number of hydrogen-bond donors (Lipinski definition) is 3. The van der Waals surface area contributed by atoms with Crippen LogP contribution in [0.15, 0.2) is 0 Å². The van der Waals surface area contributed by atoms with Crippen LogP contribution in [0.5, 0.6) is 0 Å². The van der Waals surface area contributed by atoms with Gasteiger partial charge < -0.3 is 20.5 Å². The Kier molecular flexibility index (Phi) is 9.44. The maximum absolute atomic E-state index is 13.1. The van der Waals surface area contributed by atoms with Crippen LogP contribution < -0.4 is 10.6 Å². The molecule has 0 aromatic rings. The van der Waals surface area contributed by atoms with Crippen LogP contribution >= 0.6 is 0 Å². The number of ether oxygens (including phenoxy) is 1.